The van der Waals surface area contributed by atoms with Crippen LogP contribution in [0.1, 0.15) is 43.2 Å². The first-order chi connectivity index (χ1) is 24.2. The number of benzene rings is 6. The third kappa shape index (κ3) is 4.58. The Morgan fingerprint density at radius 2 is 0.959 bits per heavy atom. The van der Waals surface area contributed by atoms with E-state index in [2.05, 4.69) is 103 Å². The zero-order valence-electron chi connectivity index (χ0n) is 27.1. The summed E-state index contributed by atoms with van der Waals surface area (Å²) in [5.74, 6) is 2.03. The van der Waals surface area contributed by atoms with Gasteiger partial charge >= 0.3 is 0 Å². The molecule has 2 aliphatic carbocycles. The summed E-state index contributed by atoms with van der Waals surface area (Å²) in [6.45, 7) is 0. The lowest BCUT2D eigenvalue weighted by Crippen LogP contribution is -2.27. The van der Waals surface area contributed by atoms with E-state index in [1.54, 1.807) is 0 Å². The van der Waals surface area contributed by atoms with Crippen LogP contribution >= 0.6 is 11.3 Å². The van der Waals surface area contributed by atoms with Gasteiger partial charge in [-0.3, -0.25) is 0 Å². The van der Waals surface area contributed by atoms with Crippen LogP contribution in [0.4, 0.5) is 0 Å². The molecular formula is C45H33N3S. The van der Waals surface area contributed by atoms with Crippen molar-refractivity contribution in [3.63, 3.8) is 0 Å². The van der Waals surface area contributed by atoms with Crippen LogP contribution in [0.25, 0.3) is 76.6 Å². The molecule has 234 valence electrons. The van der Waals surface area contributed by atoms with Gasteiger partial charge in [-0.1, -0.05) is 128 Å². The highest BCUT2D eigenvalue weighted by molar-refractivity contribution is 7.25. The van der Waals surface area contributed by atoms with Gasteiger partial charge in [-0.2, -0.15) is 0 Å². The molecule has 2 heterocycles. The Labute approximate surface area is 290 Å². The standard InChI is InChI=1S/C45H33N3S/c1-4-13-29(14-5-1)42-46-43(30-15-6-2-7-16-30)48-44(47-42)32-22-24-40-36(28-32)35-27-31(21-23-39(35)49-40)33-18-12-20-38-41(33)34-17-8-9-19-37(34)45(38)25-10-3-11-26-45/h1-2,4-9,12-24,27-28H,3,10-11,25-26H2. The van der Waals surface area contributed by atoms with Crippen molar-refractivity contribution in [2.24, 2.45) is 0 Å². The van der Waals surface area contributed by atoms with Gasteiger partial charge in [-0.25, -0.2) is 15.0 Å². The monoisotopic (exact) mass is 647 g/mol. The van der Waals surface area contributed by atoms with Crippen LogP contribution in [-0.2, 0) is 5.41 Å². The molecule has 0 aliphatic heterocycles. The van der Waals surface area contributed by atoms with Gasteiger partial charge in [0.2, 0.25) is 0 Å². The van der Waals surface area contributed by atoms with Crippen LogP contribution in [0.15, 0.2) is 140 Å². The van der Waals surface area contributed by atoms with Gasteiger partial charge in [0, 0.05) is 42.3 Å². The SMILES string of the molecule is c1ccc(-c2nc(-c3ccccc3)nc(-c3ccc4sc5ccc(-c6cccc7c6-c6ccccc6C76CCCCC6)cc5c4c3)n2)cc1. The van der Waals surface area contributed by atoms with E-state index >= 15 is 0 Å². The van der Waals surface area contributed by atoms with E-state index in [0.29, 0.717) is 17.5 Å². The lowest BCUT2D eigenvalue weighted by Gasteiger charge is -2.36. The van der Waals surface area contributed by atoms with E-state index in [-0.39, 0.29) is 5.41 Å². The molecule has 4 heteroatoms. The van der Waals surface area contributed by atoms with Gasteiger partial charge < -0.3 is 0 Å². The van der Waals surface area contributed by atoms with Crippen LogP contribution < -0.4 is 0 Å². The molecule has 0 atom stereocenters. The Kier molecular flexibility index (Phi) is 6.60. The number of hydrogen-bond donors (Lipinski definition) is 0. The summed E-state index contributed by atoms with van der Waals surface area (Å²) in [6, 6.07) is 50.3. The molecule has 49 heavy (non-hydrogen) atoms. The van der Waals surface area contributed by atoms with Crippen molar-refractivity contribution < 1.29 is 0 Å². The first-order valence-electron chi connectivity index (χ1n) is 17.3. The predicted octanol–water partition coefficient (Wildman–Crippen LogP) is 12.1. The van der Waals surface area contributed by atoms with Crippen molar-refractivity contribution in [3.8, 4) is 56.4 Å². The molecule has 3 nitrogen and oxygen atoms in total. The highest BCUT2D eigenvalue weighted by atomic mass is 32.1. The highest BCUT2D eigenvalue weighted by Gasteiger charge is 2.44. The number of hydrogen-bond acceptors (Lipinski definition) is 4. The van der Waals surface area contributed by atoms with E-state index in [1.807, 2.05) is 47.7 Å². The van der Waals surface area contributed by atoms with Crippen LogP contribution in [0.2, 0.25) is 0 Å². The smallest absolute Gasteiger partial charge is 0.164 e. The molecule has 0 bridgehead atoms. The number of aromatic nitrogens is 3. The Morgan fingerprint density at radius 1 is 0.429 bits per heavy atom. The summed E-state index contributed by atoms with van der Waals surface area (Å²) in [7, 11) is 0. The van der Waals surface area contributed by atoms with E-state index in [9.17, 15) is 0 Å². The van der Waals surface area contributed by atoms with Gasteiger partial charge in [0.1, 0.15) is 0 Å². The van der Waals surface area contributed by atoms with Gasteiger partial charge in [0.25, 0.3) is 0 Å². The topological polar surface area (TPSA) is 38.7 Å². The first-order valence-corrected chi connectivity index (χ1v) is 18.1. The number of thiophene rings is 1. The predicted molar refractivity (Wildman–Crippen MR) is 204 cm³/mol. The molecule has 0 N–H and O–H groups in total. The zero-order chi connectivity index (χ0) is 32.4. The molecule has 10 rings (SSSR count). The molecule has 0 saturated heterocycles. The Morgan fingerprint density at radius 3 is 1.63 bits per heavy atom. The fourth-order valence-electron chi connectivity index (χ4n) is 8.46. The van der Waals surface area contributed by atoms with Crippen molar-refractivity contribution >= 4 is 31.5 Å². The Balaban J connectivity index is 1.13. The molecule has 6 aromatic carbocycles. The van der Waals surface area contributed by atoms with Gasteiger partial charge in [0.05, 0.1) is 0 Å². The summed E-state index contributed by atoms with van der Waals surface area (Å²) in [6.07, 6.45) is 6.43. The fourth-order valence-corrected chi connectivity index (χ4v) is 9.53. The minimum atomic E-state index is 0.149. The molecule has 2 aromatic heterocycles. The summed E-state index contributed by atoms with van der Waals surface area (Å²) in [5, 5.41) is 2.51. The third-order valence-corrected chi connectivity index (χ3v) is 11.9. The summed E-state index contributed by atoms with van der Waals surface area (Å²) in [4.78, 5) is 14.9. The molecule has 0 radical (unpaired) electrons. The largest absolute Gasteiger partial charge is 0.208 e. The van der Waals surface area contributed by atoms with Crippen LogP contribution in [0.5, 0.6) is 0 Å². The van der Waals surface area contributed by atoms with Crippen LogP contribution in [-0.4, -0.2) is 15.0 Å². The van der Waals surface area contributed by atoms with E-state index in [0.717, 1.165) is 16.7 Å². The minimum Gasteiger partial charge on any atom is -0.208 e. The molecule has 0 amide bonds. The van der Waals surface area contributed by atoms with E-state index in [4.69, 9.17) is 15.0 Å². The maximum atomic E-state index is 5.02. The summed E-state index contributed by atoms with van der Waals surface area (Å²) >= 11 is 1.85. The molecule has 1 spiro atoms. The van der Waals surface area contributed by atoms with Crippen molar-refractivity contribution in [1.29, 1.82) is 0 Å². The second-order valence-corrected chi connectivity index (χ2v) is 14.6. The first kappa shape index (κ1) is 28.6. The lowest BCUT2D eigenvalue weighted by atomic mass is 9.68. The molecule has 2 aliphatic rings. The third-order valence-electron chi connectivity index (χ3n) is 10.7. The van der Waals surface area contributed by atoms with E-state index in [1.165, 1.54) is 85.7 Å². The quantitative estimate of drug-likeness (QED) is 0.191. The highest BCUT2D eigenvalue weighted by Crippen LogP contribution is 2.58. The van der Waals surface area contributed by atoms with E-state index < -0.39 is 0 Å². The minimum absolute atomic E-state index is 0.149. The Hall–Kier alpha value is -5.45. The molecule has 1 fully saturated rings. The summed E-state index contributed by atoms with van der Waals surface area (Å²) < 4.78 is 2.56. The fraction of sp³-hybridized carbons (Fsp3) is 0.133. The normalized spacial score (nSPS) is 14.7. The van der Waals surface area contributed by atoms with Gasteiger partial charge in [-0.05, 0) is 76.6 Å². The maximum absolute atomic E-state index is 5.02. The van der Waals surface area contributed by atoms with Crippen LogP contribution in [0, 0.1) is 0 Å². The van der Waals surface area contributed by atoms with Crippen molar-refractivity contribution in [2.45, 2.75) is 37.5 Å². The maximum Gasteiger partial charge on any atom is 0.164 e. The molecule has 0 unspecified atom stereocenters. The second-order valence-electron chi connectivity index (χ2n) is 13.5. The molecule has 1 saturated carbocycles. The van der Waals surface area contributed by atoms with Gasteiger partial charge in [0.15, 0.2) is 17.5 Å². The number of fused-ring (bicyclic) bond motifs is 8. The summed E-state index contributed by atoms with van der Waals surface area (Å²) in [5.41, 5.74) is 11.6. The van der Waals surface area contributed by atoms with Crippen LogP contribution in [0.3, 0.4) is 0 Å². The average molecular weight is 648 g/mol. The lowest BCUT2D eigenvalue weighted by molar-refractivity contribution is 0.353. The van der Waals surface area contributed by atoms with Crippen molar-refractivity contribution in [2.75, 3.05) is 0 Å². The molecular weight excluding hydrogens is 615 g/mol. The van der Waals surface area contributed by atoms with Crippen molar-refractivity contribution in [3.05, 3.63) is 151 Å². The number of nitrogens with zero attached hydrogens (tertiary/aromatic N) is 3. The zero-order valence-corrected chi connectivity index (χ0v) is 27.9. The molecule has 8 aromatic rings. The Bertz CT molecular complexity index is 2470. The van der Waals surface area contributed by atoms with Crippen molar-refractivity contribution in [1.82, 2.24) is 15.0 Å². The second kappa shape index (κ2) is 11.3. The average Bonchev–Trinajstić information content (AvgIpc) is 3.68. The van der Waals surface area contributed by atoms with Gasteiger partial charge in [-0.15, -0.1) is 11.3 Å². The number of rotatable bonds is 4.